The molecule has 0 spiro atoms. The summed E-state index contributed by atoms with van der Waals surface area (Å²) in [6.07, 6.45) is 3.07. The van der Waals surface area contributed by atoms with Gasteiger partial charge in [0.25, 0.3) is 0 Å². The Balaban J connectivity index is 2.01. The number of carbonyl (C=O) groups is 1. The number of methoxy groups -OCH3 is 1. The Kier molecular flexibility index (Phi) is 4.30. The van der Waals surface area contributed by atoms with Crippen LogP contribution >= 0.6 is 11.6 Å². The number of nitrogens with one attached hydrogen (secondary N) is 1. The Labute approximate surface area is 115 Å². The van der Waals surface area contributed by atoms with Crippen LogP contribution in [0.5, 0.6) is 5.75 Å². The summed E-state index contributed by atoms with van der Waals surface area (Å²) in [5, 5.41) is 2.87. The molecule has 1 aromatic carbocycles. The molecular formula is C13H12ClN3O2. The van der Waals surface area contributed by atoms with Crippen LogP contribution in [0.3, 0.4) is 0 Å². The first-order chi connectivity index (χ1) is 9.17. The summed E-state index contributed by atoms with van der Waals surface area (Å²) in [6.45, 7) is 0. The summed E-state index contributed by atoms with van der Waals surface area (Å²) in [4.78, 5) is 19.6. The van der Waals surface area contributed by atoms with Crippen LogP contribution < -0.4 is 10.1 Å². The fourth-order valence-electron chi connectivity index (χ4n) is 1.56. The Bertz CT molecular complexity index is 590. The molecule has 6 heteroatoms. The Morgan fingerprint density at radius 1 is 1.42 bits per heavy atom. The van der Waals surface area contributed by atoms with Gasteiger partial charge in [0.15, 0.2) is 5.82 Å². The molecule has 0 saturated carbocycles. The van der Waals surface area contributed by atoms with Gasteiger partial charge in [-0.1, -0.05) is 23.7 Å². The molecule has 0 aliphatic carbocycles. The van der Waals surface area contributed by atoms with Gasteiger partial charge in [-0.15, -0.1) is 0 Å². The van der Waals surface area contributed by atoms with Crippen LogP contribution in [-0.2, 0) is 11.2 Å². The third kappa shape index (κ3) is 3.93. The largest absolute Gasteiger partial charge is 0.497 e. The first-order valence-electron chi connectivity index (χ1n) is 5.57. The molecule has 1 N–H and O–H groups in total. The molecule has 0 fully saturated rings. The second-order valence-corrected chi connectivity index (χ2v) is 4.19. The van der Waals surface area contributed by atoms with E-state index < -0.39 is 0 Å². The lowest BCUT2D eigenvalue weighted by atomic mass is 10.1. The van der Waals surface area contributed by atoms with Crippen LogP contribution in [0.15, 0.2) is 36.7 Å². The molecule has 0 saturated heterocycles. The molecule has 19 heavy (non-hydrogen) atoms. The number of halogens is 1. The van der Waals surface area contributed by atoms with Crippen molar-refractivity contribution in [3.63, 3.8) is 0 Å². The van der Waals surface area contributed by atoms with Gasteiger partial charge in [-0.25, -0.2) is 4.98 Å². The van der Waals surface area contributed by atoms with Crippen LogP contribution in [-0.4, -0.2) is 23.0 Å². The molecule has 0 bridgehead atoms. The van der Waals surface area contributed by atoms with Crippen molar-refractivity contribution < 1.29 is 9.53 Å². The maximum absolute atomic E-state index is 11.8. The van der Waals surface area contributed by atoms with Gasteiger partial charge in [0.1, 0.15) is 10.9 Å². The second kappa shape index (κ2) is 6.15. The van der Waals surface area contributed by atoms with Crippen molar-refractivity contribution in [2.45, 2.75) is 6.42 Å². The molecule has 0 unspecified atom stereocenters. The lowest BCUT2D eigenvalue weighted by Gasteiger charge is -2.05. The van der Waals surface area contributed by atoms with Gasteiger partial charge in [0.05, 0.1) is 25.9 Å². The van der Waals surface area contributed by atoms with Crippen molar-refractivity contribution in [1.29, 1.82) is 0 Å². The summed E-state index contributed by atoms with van der Waals surface area (Å²) in [5.74, 6) is 0.859. The monoisotopic (exact) mass is 277 g/mol. The fourth-order valence-corrected chi connectivity index (χ4v) is 1.70. The number of nitrogens with zero attached hydrogens (tertiary/aromatic N) is 2. The van der Waals surface area contributed by atoms with E-state index in [-0.39, 0.29) is 17.5 Å². The predicted molar refractivity (Wildman–Crippen MR) is 72.4 cm³/mol. The van der Waals surface area contributed by atoms with E-state index in [0.717, 1.165) is 5.56 Å². The maximum Gasteiger partial charge on any atom is 0.229 e. The van der Waals surface area contributed by atoms with Gasteiger partial charge in [-0.3, -0.25) is 9.78 Å². The smallest absolute Gasteiger partial charge is 0.229 e. The van der Waals surface area contributed by atoms with Gasteiger partial charge in [0, 0.05) is 0 Å². The highest BCUT2D eigenvalue weighted by Crippen LogP contribution is 2.13. The summed E-state index contributed by atoms with van der Waals surface area (Å²) >= 11 is 5.69. The summed E-state index contributed by atoms with van der Waals surface area (Å²) in [7, 11) is 1.58. The minimum atomic E-state index is -0.190. The number of benzene rings is 1. The quantitative estimate of drug-likeness (QED) is 0.931. The molecular weight excluding hydrogens is 266 g/mol. The number of carbonyl (C=O) groups excluding carboxylic acids is 1. The molecule has 1 amide bonds. The maximum atomic E-state index is 11.8. The SMILES string of the molecule is COc1cccc(CC(=O)Nc2cncc(Cl)n2)c1. The first kappa shape index (κ1) is 13.3. The minimum Gasteiger partial charge on any atom is -0.497 e. The van der Waals surface area contributed by atoms with E-state index in [1.165, 1.54) is 12.4 Å². The molecule has 2 aromatic rings. The molecule has 0 radical (unpaired) electrons. The third-order valence-corrected chi connectivity index (χ3v) is 2.55. The number of anilines is 1. The Hall–Kier alpha value is -2.14. The van der Waals surface area contributed by atoms with E-state index >= 15 is 0 Å². The summed E-state index contributed by atoms with van der Waals surface area (Å²) in [6, 6.07) is 7.32. The zero-order valence-electron chi connectivity index (χ0n) is 10.3. The highest BCUT2D eigenvalue weighted by Gasteiger charge is 2.06. The third-order valence-electron chi connectivity index (χ3n) is 2.37. The van der Waals surface area contributed by atoms with Gasteiger partial charge >= 0.3 is 0 Å². The van der Waals surface area contributed by atoms with Crippen molar-refractivity contribution >= 4 is 23.3 Å². The molecule has 0 aliphatic heterocycles. The summed E-state index contributed by atoms with van der Waals surface area (Å²) in [5.41, 5.74) is 0.854. The zero-order chi connectivity index (χ0) is 13.7. The number of rotatable bonds is 4. The molecule has 5 nitrogen and oxygen atoms in total. The Morgan fingerprint density at radius 2 is 2.26 bits per heavy atom. The van der Waals surface area contributed by atoms with Gasteiger partial charge in [-0.05, 0) is 17.7 Å². The van der Waals surface area contributed by atoms with Crippen LogP contribution in [0.1, 0.15) is 5.56 Å². The first-order valence-corrected chi connectivity index (χ1v) is 5.95. The standard InChI is InChI=1S/C13H12ClN3O2/c1-19-10-4-2-3-9(5-10)6-13(18)17-12-8-15-7-11(14)16-12/h2-5,7-8H,6H2,1H3,(H,16,17,18). The Morgan fingerprint density at radius 3 is 3.00 bits per heavy atom. The van der Waals surface area contributed by atoms with E-state index in [0.29, 0.717) is 11.6 Å². The molecule has 2 rings (SSSR count). The van der Waals surface area contributed by atoms with Gasteiger partial charge in [0.2, 0.25) is 5.91 Å². The van der Waals surface area contributed by atoms with Crippen molar-refractivity contribution in [2.24, 2.45) is 0 Å². The number of aromatic nitrogens is 2. The predicted octanol–water partition coefficient (Wildman–Crippen LogP) is 2.32. The van der Waals surface area contributed by atoms with Crippen LogP contribution in [0.4, 0.5) is 5.82 Å². The lowest BCUT2D eigenvalue weighted by Crippen LogP contribution is -2.15. The van der Waals surface area contributed by atoms with Gasteiger partial charge < -0.3 is 10.1 Å². The lowest BCUT2D eigenvalue weighted by molar-refractivity contribution is -0.115. The second-order valence-electron chi connectivity index (χ2n) is 3.80. The van der Waals surface area contributed by atoms with Crippen LogP contribution in [0.25, 0.3) is 0 Å². The van der Waals surface area contributed by atoms with E-state index in [2.05, 4.69) is 15.3 Å². The highest BCUT2D eigenvalue weighted by molar-refractivity contribution is 6.29. The fraction of sp³-hybridized carbons (Fsp3) is 0.154. The van der Waals surface area contributed by atoms with Crippen molar-refractivity contribution in [3.05, 3.63) is 47.4 Å². The van der Waals surface area contributed by atoms with E-state index in [9.17, 15) is 4.79 Å². The number of hydrogen-bond acceptors (Lipinski definition) is 4. The average molecular weight is 278 g/mol. The van der Waals surface area contributed by atoms with E-state index in [1.807, 2.05) is 24.3 Å². The normalized spacial score (nSPS) is 10.0. The molecule has 1 heterocycles. The number of hydrogen-bond donors (Lipinski definition) is 1. The van der Waals surface area contributed by atoms with Crippen molar-refractivity contribution in [2.75, 3.05) is 12.4 Å². The number of amides is 1. The van der Waals surface area contributed by atoms with Crippen molar-refractivity contribution in [1.82, 2.24) is 9.97 Å². The van der Waals surface area contributed by atoms with Crippen LogP contribution in [0, 0.1) is 0 Å². The molecule has 98 valence electrons. The molecule has 0 atom stereocenters. The van der Waals surface area contributed by atoms with E-state index in [1.54, 1.807) is 7.11 Å². The van der Waals surface area contributed by atoms with Crippen LogP contribution in [0.2, 0.25) is 5.15 Å². The minimum absolute atomic E-state index is 0.190. The van der Waals surface area contributed by atoms with Gasteiger partial charge in [-0.2, -0.15) is 0 Å². The number of ether oxygens (including phenoxy) is 1. The van der Waals surface area contributed by atoms with Crippen molar-refractivity contribution in [3.8, 4) is 5.75 Å². The summed E-state index contributed by atoms with van der Waals surface area (Å²) < 4.78 is 5.10. The highest BCUT2D eigenvalue weighted by atomic mass is 35.5. The molecule has 1 aromatic heterocycles. The zero-order valence-corrected chi connectivity index (χ0v) is 11.0. The average Bonchev–Trinajstić information content (AvgIpc) is 2.38. The van der Waals surface area contributed by atoms with E-state index in [4.69, 9.17) is 16.3 Å². The topological polar surface area (TPSA) is 64.1 Å². The molecule has 0 aliphatic rings.